The Morgan fingerprint density at radius 2 is 1.67 bits per heavy atom. The first kappa shape index (κ1) is 13.7. The van der Waals surface area contributed by atoms with Crippen molar-refractivity contribution in [1.82, 2.24) is 13.9 Å². The molecule has 110 valence electrons. The Balaban J connectivity index is 2.26. The number of hydrogen-bond acceptors (Lipinski definition) is 2. The molecule has 21 heavy (non-hydrogen) atoms. The van der Waals surface area contributed by atoms with Gasteiger partial charge in [-0.3, -0.25) is 0 Å². The van der Waals surface area contributed by atoms with Crippen molar-refractivity contribution in [3.63, 3.8) is 0 Å². The molecule has 5 heteroatoms. The monoisotopic (exact) mass is 285 g/mol. The zero-order valence-corrected chi connectivity index (χ0v) is 12.3. The van der Waals surface area contributed by atoms with Gasteiger partial charge in [0, 0.05) is 0 Å². The van der Waals surface area contributed by atoms with Gasteiger partial charge in [-0.1, -0.05) is 43.7 Å². The smallest absolute Gasteiger partial charge is 0.245 e. The van der Waals surface area contributed by atoms with E-state index in [1.165, 1.54) is 4.57 Å². The Bertz CT molecular complexity index is 780. The van der Waals surface area contributed by atoms with E-state index >= 15 is 0 Å². The van der Waals surface area contributed by atoms with Crippen LogP contribution < -0.4 is 11.4 Å². The second-order valence-electron chi connectivity index (χ2n) is 5.41. The van der Waals surface area contributed by atoms with E-state index in [0.29, 0.717) is 5.69 Å². The molecule has 2 heterocycles. The first-order chi connectivity index (χ1) is 10.1. The molecule has 1 aliphatic heterocycles. The molecule has 3 rings (SSSR count). The summed E-state index contributed by atoms with van der Waals surface area (Å²) in [5.41, 5.74) is 0.0781. The summed E-state index contributed by atoms with van der Waals surface area (Å²) in [6.07, 6.45) is 5.84. The number of aromatic nitrogens is 3. The van der Waals surface area contributed by atoms with Crippen LogP contribution in [-0.2, 0) is 0 Å². The van der Waals surface area contributed by atoms with Gasteiger partial charge in [-0.25, -0.2) is 23.5 Å². The molecule has 2 atom stereocenters. The molecule has 0 aliphatic carbocycles. The molecule has 2 unspecified atom stereocenters. The van der Waals surface area contributed by atoms with Crippen molar-refractivity contribution in [2.24, 2.45) is 0 Å². The topological polar surface area (TPSA) is 48.9 Å². The van der Waals surface area contributed by atoms with E-state index < -0.39 is 0 Å². The van der Waals surface area contributed by atoms with Crippen molar-refractivity contribution in [2.45, 2.75) is 38.8 Å². The molecule has 0 fully saturated rings. The van der Waals surface area contributed by atoms with Crippen LogP contribution in [0, 0.1) is 0 Å². The number of rotatable bonds is 3. The van der Waals surface area contributed by atoms with Gasteiger partial charge in [0.1, 0.15) is 0 Å². The molecule has 1 aromatic heterocycles. The van der Waals surface area contributed by atoms with Crippen molar-refractivity contribution in [1.29, 1.82) is 0 Å². The van der Waals surface area contributed by atoms with Crippen molar-refractivity contribution in [2.75, 3.05) is 0 Å². The van der Waals surface area contributed by atoms with Crippen LogP contribution in [0.25, 0.3) is 5.69 Å². The van der Waals surface area contributed by atoms with E-state index in [1.807, 2.05) is 37.3 Å². The predicted molar refractivity (Wildman–Crippen MR) is 82.1 cm³/mol. The van der Waals surface area contributed by atoms with Crippen molar-refractivity contribution < 1.29 is 0 Å². The number of fused-ring (bicyclic) bond motifs is 1. The molecule has 0 radical (unpaired) electrons. The lowest BCUT2D eigenvalue weighted by Crippen LogP contribution is -2.34. The molecule has 1 aliphatic rings. The fourth-order valence-electron chi connectivity index (χ4n) is 2.91. The highest BCUT2D eigenvalue weighted by Crippen LogP contribution is 2.21. The summed E-state index contributed by atoms with van der Waals surface area (Å²) < 4.78 is 4.42. The minimum atomic E-state index is -0.274. The van der Waals surface area contributed by atoms with Crippen LogP contribution in [0.4, 0.5) is 0 Å². The van der Waals surface area contributed by atoms with Gasteiger partial charge in [-0.05, 0) is 25.5 Å². The lowest BCUT2D eigenvalue weighted by Gasteiger charge is -2.24. The number of para-hydroxylation sites is 1. The zero-order valence-electron chi connectivity index (χ0n) is 12.3. The molecular formula is C16H19N3O2. The third-order valence-electron chi connectivity index (χ3n) is 3.92. The van der Waals surface area contributed by atoms with Gasteiger partial charge in [0.2, 0.25) is 0 Å². The summed E-state index contributed by atoms with van der Waals surface area (Å²) in [4.78, 5) is 25.4. The lowest BCUT2D eigenvalue weighted by atomic mass is 10.1. The normalized spacial score (nSPS) is 20.5. The minimum absolute atomic E-state index is 0.0450. The second kappa shape index (κ2) is 5.24. The maximum absolute atomic E-state index is 12.7. The zero-order chi connectivity index (χ0) is 15.0. The highest BCUT2D eigenvalue weighted by molar-refractivity contribution is 5.30. The molecule has 1 aromatic carbocycles. The van der Waals surface area contributed by atoms with Gasteiger partial charge in [0.15, 0.2) is 0 Å². The highest BCUT2D eigenvalue weighted by Gasteiger charge is 2.26. The average molecular weight is 285 g/mol. The van der Waals surface area contributed by atoms with Crippen LogP contribution in [-0.4, -0.2) is 13.9 Å². The fraction of sp³-hybridized carbons (Fsp3) is 0.375. The van der Waals surface area contributed by atoms with Crippen LogP contribution in [0.1, 0.15) is 38.8 Å². The first-order valence-corrected chi connectivity index (χ1v) is 7.35. The van der Waals surface area contributed by atoms with E-state index in [2.05, 4.69) is 6.92 Å². The molecule has 0 bridgehead atoms. The largest absolute Gasteiger partial charge is 0.352 e. The quantitative estimate of drug-likeness (QED) is 0.812. The average Bonchev–Trinajstić information content (AvgIpc) is 2.76. The number of benzene rings is 1. The summed E-state index contributed by atoms with van der Waals surface area (Å²) in [6.45, 7) is 4.00. The van der Waals surface area contributed by atoms with Crippen LogP contribution in [0.15, 0.2) is 52.1 Å². The molecule has 0 amide bonds. The molecule has 0 spiro atoms. The third kappa shape index (κ3) is 2.09. The van der Waals surface area contributed by atoms with Crippen molar-refractivity contribution in [3.8, 4) is 5.69 Å². The Labute approximate surface area is 122 Å². The summed E-state index contributed by atoms with van der Waals surface area (Å²) in [5.74, 6) is 0. The Hall–Kier alpha value is -2.30. The summed E-state index contributed by atoms with van der Waals surface area (Å²) in [5, 5.41) is 0. The van der Waals surface area contributed by atoms with Crippen LogP contribution in [0.2, 0.25) is 0 Å². The number of nitrogens with zero attached hydrogens (tertiary/aromatic N) is 3. The van der Waals surface area contributed by atoms with Gasteiger partial charge in [-0.15, -0.1) is 0 Å². The molecule has 0 saturated carbocycles. The van der Waals surface area contributed by atoms with Gasteiger partial charge < -0.3 is 0 Å². The van der Waals surface area contributed by atoms with E-state index in [0.717, 1.165) is 12.8 Å². The van der Waals surface area contributed by atoms with Crippen LogP contribution >= 0.6 is 0 Å². The lowest BCUT2D eigenvalue weighted by molar-refractivity contribution is 0.346. The molecule has 5 nitrogen and oxygen atoms in total. The van der Waals surface area contributed by atoms with Crippen LogP contribution in [0.5, 0.6) is 0 Å². The summed E-state index contributed by atoms with van der Waals surface area (Å²) in [6, 6.07) is 8.93. The maximum Gasteiger partial charge on any atom is 0.352 e. The van der Waals surface area contributed by atoms with Gasteiger partial charge in [0.25, 0.3) is 0 Å². The minimum Gasteiger partial charge on any atom is -0.245 e. The molecular weight excluding hydrogens is 266 g/mol. The summed E-state index contributed by atoms with van der Waals surface area (Å²) >= 11 is 0. The Morgan fingerprint density at radius 3 is 2.33 bits per heavy atom. The third-order valence-corrected chi connectivity index (χ3v) is 3.92. The van der Waals surface area contributed by atoms with Crippen molar-refractivity contribution >= 4 is 0 Å². The van der Waals surface area contributed by atoms with Gasteiger partial charge >= 0.3 is 11.4 Å². The van der Waals surface area contributed by atoms with Gasteiger partial charge in [-0.2, -0.15) is 0 Å². The number of hydrogen-bond donors (Lipinski definition) is 0. The molecule has 0 N–H and O–H groups in total. The second-order valence-corrected chi connectivity index (χ2v) is 5.41. The van der Waals surface area contributed by atoms with Crippen LogP contribution in [0.3, 0.4) is 0 Å². The summed E-state index contributed by atoms with van der Waals surface area (Å²) in [7, 11) is 0. The predicted octanol–water partition coefficient (Wildman–Crippen LogP) is 2.27. The Kier molecular flexibility index (Phi) is 3.41. The number of allylic oxidation sites excluding steroid dienone is 2. The highest BCUT2D eigenvalue weighted by atomic mass is 16.2. The SMILES string of the molecule is CCCC1C=CC(C)n2c(=O)n(-c3ccccc3)c(=O)n21. The van der Waals surface area contributed by atoms with Crippen molar-refractivity contribution in [3.05, 3.63) is 63.5 Å². The molecule has 2 aromatic rings. The van der Waals surface area contributed by atoms with E-state index in [9.17, 15) is 9.59 Å². The maximum atomic E-state index is 12.7. The van der Waals surface area contributed by atoms with E-state index in [1.54, 1.807) is 21.5 Å². The first-order valence-electron chi connectivity index (χ1n) is 7.35. The van der Waals surface area contributed by atoms with E-state index in [4.69, 9.17) is 0 Å². The molecule has 0 saturated heterocycles. The van der Waals surface area contributed by atoms with E-state index in [-0.39, 0.29) is 23.5 Å². The Morgan fingerprint density at radius 1 is 1.00 bits per heavy atom. The fourth-order valence-corrected chi connectivity index (χ4v) is 2.91. The standard InChI is InChI=1S/C16H19N3O2/c1-3-7-14-11-10-12(2)18-15(20)17(16(21)19(14)18)13-8-5-4-6-9-13/h4-6,8-12,14H,3,7H2,1-2H3. The van der Waals surface area contributed by atoms with Gasteiger partial charge in [0.05, 0.1) is 17.8 Å².